The van der Waals surface area contributed by atoms with Crippen LogP contribution < -0.4 is 0 Å². The number of hydrogen-bond donors (Lipinski definition) is 1. The van der Waals surface area contributed by atoms with Crippen molar-refractivity contribution in [1.29, 1.82) is 0 Å². The first kappa shape index (κ1) is 21.9. The van der Waals surface area contributed by atoms with E-state index in [1.165, 1.54) is 5.56 Å². The van der Waals surface area contributed by atoms with Crippen LogP contribution in [0, 0.1) is 13.8 Å². The molecule has 0 fully saturated rings. The third kappa shape index (κ3) is 7.35. The summed E-state index contributed by atoms with van der Waals surface area (Å²) in [6, 6.07) is 4.18. The first-order valence-corrected chi connectivity index (χ1v) is 9.91. The molecule has 0 saturated carbocycles. The highest BCUT2D eigenvalue weighted by Crippen LogP contribution is 2.25. The van der Waals surface area contributed by atoms with Gasteiger partial charge in [-0.1, -0.05) is 45.4 Å². The van der Waals surface area contributed by atoms with Crippen LogP contribution in [0.15, 0.2) is 12.1 Å². The van der Waals surface area contributed by atoms with E-state index >= 15 is 0 Å². The van der Waals surface area contributed by atoms with Crippen LogP contribution in [-0.2, 0) is 6.54 Å². The topological polar surface area (TPSA) is 30.0 Å². The van der Waals surface area contributed by atoms with Crippen molar-refractivity contribution < 1.29 is 5.11 Å². The highest BCUT2D eigenvalue weighted by Gasteiger charge is 2.13. The fourth-order valence-electron chi connectivity index (χ4n) is 3.32. The van der Waals surface area contributed by atoms with Gasteiger partial charge in [0.25, 0.3) is 0 Å². The number of phenolic OH excluding ortho intramolecular Hbond substituents is 1. The lowest BCUT2D eigenvalue weighted by Crippen LogP contribution is -2.39. The quantitative estimate of drug-likeness (QED) is 0.625. The average molecular weight is 350 g/mol. The minimum absolute atomic E-state index is 0.460. The molecule has 0 amide bonds. The van der Waals surface area contributed by atoms with Crippen LogP contribution in [0.4, 0.5) is 0 Å². The van der Waals surface area contributed by atoms with Gasteiger partial charge >= 0.3 is 0 Å². The van der Waals surface area contributed by atoms with Crippen molar-refractivity contribution in [2.24, 2.45) is 0 Å². The van der Waals surface area contributed by atoms with Crippen LogP contribution in [0.3, 0.4) is 0 Å². The van der Waals surface area contributed by atoms with Gasteiger partial charge in [0.2, 0.25) is 0 Å². The number of phenols is 1. The molecule has 1 N–H and O–H groups in total. The summed E-state index contributed by atoms with van der Waals surface area (Å²) in [5.41, 5.74) is 3.25. The van der Waals surface area contributed by atoms with Crippen molar-refractivity contribution in [2.75, 3.05) is 52.4 Å². The molecule has 0 saturated heterocycles. The maximum atomic E-state index is 10.5. The van der Waals surface area contributed by atoms with E-state index in [0.717, 1.165) is 70.0 Å². The lowest BCUT2D eigenvalue weighted by molar-refractivity contribution is 0.179. The molecule has 0 aliphatic rings. The van der Waals surface area contributed by atoms with E-state index in [1.807, 2.05) is 6.92 Å². The Balaban J connectivity index is 2.82. The summed E-state index contributed by atoms with van der Waals surface area (Å²) in [6.45, 7) is 22.4. The van der Waals surface area contributed by atoms with E-state index in [1.54, 1.807) is 0 Å². The Morgan fingerprint density at radius 2 is 1.16 bits per heavy atom. The highest BCUT2D eigenvalue weighted by atomic mass is 16.3. The summed E-state index contributed by atoms with van der Waals surface area (Å²) in [5.74, 6) is 0.460. The second kappa shape index (κ2) is 11.5. The molecular formula is C21H39N3O. The van der Waals surface area contributed by atoms with Crippen LogP contribution >= 0.6 is 0 Å². The Bertz CT molecular complexity index is 480. The summed E-state index contributed by atoms with van der Waals surface area (Å²) < 4.78 is 0. The molecule has 0 heterocycles. The van der Waals surface area contributed by atoms with E-state index < -0.39 is 0 Å². The number of benzene rings is 1. The Hall–Kier alpha value is -1.10. The monoisotopic (exact) mass is 349 g/mol. The van der Waals surface area contributed by atoms with E-state index in [2.05, 4.69) is 61.5 Å². The van der Waals surface area contributed by atoms with Crippen LogP contribution in [0.1, 0.15) is 44.4 Å². The summed E-state index contributed by atoms with van der Waals surface area (Å²) >= 11 is 0. The molecule has 4 nitrogen and oxygen atoms in total. The van der Waals surface area contributed by atoms with Gasteiger partial charge in [0.1, 0.15) is 5.75 Å². The zero-order chi connectivity index (χ0) is 18.8. The van der Waals surface area contributed by atoms with Gasteiger partial charge in [0.05, 0.1) is 0 Å². The van der Waals surface area contributed by atoms with Gasteiger partial charge in [0, 0.05) is 38.3 Å². The minimum atomic E-state index is 0.460. The Labute approximate surface area is 155 Å². The van der Waals surface area contributed by atoms with Crippen molar-refractivity contribution in [2.45, 2.75) is 48.1 Å². The Kier molecular flexibility index (Phi) is 10.1. The zero-order valence-corrected chi connectivity index (χ0v) is 17.3. The van der Waals surface area contributed by atoms with Crippen LogP contribution in [-0.4, -0.2) is 72.2 Å². The molecule has 25 heavy (non-hydrogen) atoms. The maximum Gasteiger partial charge on any atom is 0.122 e. The van der Waals surface area contributed by atoms with E-state index in [0.29, 0.717) is 5.75 Å². The number of likely N-dealkylation sites (N-methyl/N-ethyl adjacent to an activating group) is 2. The average Bonchev–Trinajstić information content (AvgIpc) is 2.60. The van der Waals surface area contributed by atoms with Crippen molar-refractivity contribution in [3.8, 4) is 5.75 Å². The van der Waals surface area contributed by atoms with Gasteiger partial charge in [-0.15, -0.1) is 0 Å². The third-order valence-corrected chi connectivity index (χ3v) is 5.17. The summed E-state index contributed by atoms with van der Waals surface area (Å²) in [5, 5.41) is 10.5. The first-order valence-electron chi connectivity index (χ1n) is 9.91. The fraction of sp³-hybridized carbons (Fsp3) is 0.714. The molecule has 0 spiro atoms. The largest absolute Gasteiger partial charge is 0.507 e. The van der Waals surface area contributed by atoms with Gasteiger partial charge in [0.15, 0.2) is 0 Å². The maximum absolute atomic E-state index is 10.5. The molecule has 0 radical (unpaired) electrons. The second-order valence-corrected chi connectivity index (χ2v) is 6.92. The molecular weight excluding hydrogens is 310 g/mol. The SMILES string of the molecule is CCN(CC)CCN(CCN(CC)CC)Cc1cc(C)cc(C)c1O. The lowest BCUT2D eigenvalue weighted by Gasteiger charge is -2.29. The molecule has 1 aromatic carbocycles. The third-order valence-electron chi connectivity index (χ3n) is 5.17. The number of aryl methyl sites for hydroxylation is 2. The van der Waals surface area contributed by atoms with Crippen molar-refractivity contribution >= 4 is 0 Å². The summed E-state index contributed by atoms with van der Waals surface area (Å²) in [7, 11) is 0. The summed E-state index contributed by atoms with van der Waals surface area (Å²) in [6.07, 6.45) is 0. The minimum Gasteiger partial charge on any atom is -0.507 e. The number of aromatic hydroxyl groups is 1. The molecule has 0 bridgehead atoms. The molecule has 0 atom stereocenters. The predicted octanol–water partition coefficient (Wildman–Crippen LogP) is 3.49. The first-order chi connectivity index (χ1) is 11.9. The van der Waals surface area contributed by atoms with Crippen molar-refractivity contribution in [3.05, 3.63) is 28.8 Å². The highest BCUT2D eigenvalue weighted by molar-refractivity contribution is 5.42. The fourth-order valence-corrected chi connectivity index (χ4v) is 3.32. The number of rotatable bonds is 12. The zero-order valence-electron chi connectivity index (χ0n) is 17.3. The van der Waals surface area contributed by atoms with Gasteiger partial charge in [-0.2, -0.15) is 0 Å². The van der Waals surface area contributed by atoms with E-state index in [4.69, 9.17) is 0 Å². The molecule has 0 aliphatic carbocycles. The molecule has 1 rings (SSSR count). The molecule has 144 valence electrons. The van der Waals surface area contributed by atoms with Gasteiger partial charge in [-0.3, -0.25) is 4.90 Å². The van der Waals surface area contributed by atoms with Crippen molar-refractivity contribution in [1.82, 2.24) is 14.7 Å². The molecule has 0 unspecified atom stereocenters. The molecule has 0 aromatic heterocycles. The Morgan fingerprint density at radius 1 is 0.720 bits per heavy atom. The van der Waals surface area contributed by atoms with Crippen molar-refractivity contribution in [3.63, 3.8) is 0 Å². The molecule has 4 heteroatoms. The molecule has 1 aromatic rings. The van der Waals surface area contributed by atoms with Crippen LogP contribution in [0.5, 0.6) is 5.75 Å². The van der Waals surface area contributed by atoms with Crippen LogP contribution in [0.2, 0.25) is 0 Å². The van der Waals surface area contributed by atoms with E-state index in [-0.39, 0.29) is 0 Å². The lowest BCUT2D eigenvalue weighted by atomic mass is 10.1. The Morgan fingerprint density at radius 3 is 1.60 bits per heavy atom. The van der Waals surface area contributed by atoms with E-state index in [9.17, 15) is 5.11 Å². The number of hydrogen-bond acceptors (Lipinski definition) is 4. The smallest absolute Gasteiger partial charge is 0.122 e. The standard InChI is InChI=1S/C21H39N3O/c1-7-22(8-2)11-13-24(14-12-23(9-3)10-4)17-20-16-18(5)15-19(6)21(20)25/h15-16,25H,7-14,17H2,1-6H3. The normalized spacial score (nSPS) is 11.9. The van der Waals surface area contributed by atoms with Gasteiger partial charge in [-0.25, -0.2) is 0 Å². The predicted molar refractivity (Wildman–Crippen MR) is 108 cm³/mol. The molecule has 0 aliphatic heterocycles. The number of nitrogens with zero attached hydrogens (tertiary/aromatic N) is 3. The summed E-state index contributed by atoms with van der Waals surface area (Å²) in [4.78, 5) is 7.42. The van der Waals surface area contributed by atoms with Gasteiger partial charge < -0.3 is 14.9 Å². The van der Waals surface area contributed by atoms with Crippen LogP contribution in [0.25, 0.3) is 0 Å². The second-order valence-electron chi connectivity index (χ2n) is 6.92. The van der Waals surface area contributed by atoms with Gasteiger partial charge in [-0.05, 0) is 45.6 Å².